The van der Waals surface area contributed by atoms with Gasteiger partial charge in [0.2, 0.25) is 0 Å². The molecule has 4 unspecified atom stereocenters. The lowest BCUT2D eigenvalue weighted by atomic mass is 10.0. The van der Waals surface area contributed by atoms with Crippen LogP contribution in [0.1, 0.15) is 25.7 Å². The molecule has 4 atom stereocenters. The lowest BCUT2D eigenvalue weighted by molar-refractivity contribution is -0.0207. The predicted molar refractivity (Wildman–Crippen MR) is 66.5 cm³/mol. The van der Waals surface area contributed by atoms with Crippen LogP contribution in [-0.4, -0.2) is 50.6 Å². The fourth-order valence-electron chi connectivity index (χ4n) is 1.38. The summed E-state index contributed by atoms with van der Waals surface area (Å²) in [6.45, 7) is 3.11. The number of unbranched alkanes of at least 4 members (excludes halogenated alkanes) is 2. The van der Waals surface area contributed by atoms with Gasteiger partial charge in [0.1, 0.15) is 0 Å². The Morgan fingerprint density at radius 1 is 1.12 bits per heavy atom. The highest BCUT2D eigenvalue weighted by Gasteiger charge is 2.28. The first-order valence-corrected chi connectivity index (χ1v) is 6.00. The van der Waals surface area contributed by atoms with Gasteiger partial charge in [0.15, 0.2) is 0 Å². The molecule has 0 amide bonds. The fourth-order valence-corrected chi connectivity index (χ4v) is 1.67. The molecule has 0 aliphatic heterocycles. The smallest absolute Gasteiger partial charge is 0.0940 e. The predicted octanol–water partition coefficient (Wildman–Crippen LogP) is 0.106. The normalized spacial score (nSPS) is 18.8. The number of hydrogen-bond donors (Lipinski definition) is 5. The maximum Gasteiger partial charge on any atom is 0.0940 e. The second-order valence-electron chi connectivity index (χ2n) is 3.87. The van der Waals surface area contributed by atoms with E-state index in [4.69, 9.17) is 5.11 Å². The van der Waals surface area contributed by atoms with Crippen molar-refractivity contribution in [2.24, 2.45) is 0 Å². The van der Waals surface area contributed by atoms with Crippen LogP contribution < -0.4 is 0 Å². The summed E-state index contributed by atoms with van der Waals surface area (Å²) in [6.07, 6.45) is 1.65. The van der Waals surface area contributed by atoms with E-state index in [-0.39, 0.29) is 0 Å². The van der Waals surface area contributed by atoms with Gasteiger partial charge in [-0.05, 0) is 19.3 Å². The second-order valence-corrected chi connectivity index (χ2v) is 4.47. The minimum absolute atomic E-state index is 0.449. The molecule has 0 saturated carbocycles. The molecule has 4 nitrogen and oxygen atoms in total. The van der Waals surface area contributed by atoms with Crippen LogP contribution in [-0.2, 0) is 0 Å². The zero-order valence-electron chi connectivity index (χ0n) is 9.37. The van der Waals surface area contributed by atoms with E-state index in [1.807, 2.05) is 0 Å². The van der Waals surface area contributed by atoms with Gasteiger partial charge >= 0.3 is 0 Å². The molecule has 0 saturated heterocycles. The third kappa shape index (κ3) is 5.86. The maximum absolute atomic E-state index is 9.63. The Morgan fingerprint density at radius 2 is 1.75 bits per heavy atom. The van der Waals surface area contributed by atoms with Crippen molar-refractivity contribution < 1.29 is 20.4 Å². The molecule has 0 radical (unpaired) electrons. The largest absolute Gasteiger partial charge is 0.394 e. The van der Waals surface area contributed by atoms with Crippen molar-refractivity contribution in [1.82, 2.24) is 0 Å². The Kier molecular flexibility index (Phi) is 8.97. The third-order valence-electron chi connectivity index (χ3n) is 2.48. The number of rotatable bonds is 9. The zero-order valence-corrected chi connectivity index (χ0v) is 10.3. The van der Waals surface area contributed by atoms with Crippen LogP contribution in [0.5, 0.6) is 0 Å². The average molecular weight is 250 g/mol. The summed E-state index contributed by atoms with van der Waals surface area (Å²) in [7, 11) is 0. The van der Waals surface area contributed by atoms with Crippen LogP contribution in [0.2, 0.25) is 0 Å². The number of hydrogen-bond acceptors (Lipinski definition) is 5. The summed E-state index contributed by atoms with van der Waals surface area (Å²) in [5.74, 6) is 0. The minimum Gasteiger partial charge on any atom is -0.394 e. The molecular formula is C11H22O4S. The number of aliphatic hydroxyl groups is 4. The molecule has 0 aliphatic carbocycles. The maximum atomic E-state index is 9.63. The molecule has 96 valence electrons. The molecule has 0 fully saturated rings. The highest BCUT2D eigenvalue weighted by molar-refractivity contribution is 7.81. The molecule has 0 heterocycles. The standard InChI is InChI=1S/C11H22O4S/c1-2-3-4-5-6-8(13)10(15)11(16)9(14)7-12/h2,8-16H,1,3-7H2. The van der Waals surface area contributed by atoms with Gasteiger partial charge in [-0.25, -0.2) is 0 Å². The van der Waals surface area contributed by atoms with Gasteiger partial charge in [-0.1, -0.05) is 12.5 Å². The van der Waals surface area contributed by atoms with Gasteiger partial charge in [-0.3, -0.25) is 0 Å². The van der Waals surface area contributed by atoms with Crippen LogP contribution in [0.25, 0.3) is 0 Å². The summed E-state index contributed by atoms with van der Waals surface area (Å²) >= 11 is 3.97. The van der Waals surface area contributed by atoms with E-state index in [9.17, 15) is 15.3 Å². The van der Waals surface area contributed by atoms with Crippen molar-refractivity contribution >= 4 is 12.6 Å². The molecule has 0 aromatic rings. The highest BCUT2D eigenvalue weighted by atomic mass is 32.1. The minimum atomic E-state index is -1.13. The topological polar surface area (TPSA) is 80.9 Å². The Hall–Kier alpha value is -0.0700. The molecular weight excluding hydrogens is 228 g/mol. The Morgan fingerprint density at radius 3 is 2.25 bits per heavy atom. The zero-order chi connectivity index (χ0) is 12.6. The molecule has 5 heteroatoms. The number of allylic oxidation sites excluding steroid dienone is 1. The first kappa shape index (κ1) is 15.9. The van der Waals surface area contributed by atoms with Gasteiger partial charge in [-0.2, -0.15) is 12.6 Å². The van der Waals surface area contributed by atoms with E-state index in [2.05, 4.69) is 19.2 Å². The van der Waals surface area contributed by atoms with E-state index in [0.29, 0.717) is 6.42 Å². The lowest BCUT2D eigenvalue weighted by Crippen LogP contribution is -2.42. The SMILES string of the molecule is C=CCCCCC(O)C(O)C(S)C(O)CO. The van der Waals surface area contributed by atoms with E-state index >= 15 is 0 Å². The van der Waals surface area contributed by atoms with Crippen LogP contribution in [0.3, 0.4) is 0 Å². The highest BCUT2D eigenvalue weighted by Crippen LogP contribution is 2.15. The molecule has 0 rings (SSSR count). The van der Waals surface area contributed by atoms with Crippen molar-refractivity contribution in [3.05, 3.63) is 12.7 Å². The van der Waals surface area contributed by atoms with E-state index < -0.39 is 30.2 Å². The van der Waals surface area contributed by atoms with Gasteiger partial charge < -0.3 is 20.4 Å². The van der Waals surface area contributed by atoms with E-state index in [1.165, 1.54) is 0 Å². The quantitative estimate of drug-likeness (QED) is 0.228. The monoisotopic (exact) mass is 250 g/mol. The van der Waals surface area contributed by atoms with Crippen molar-refractivity contribution in [3.8, 4) is 0 Å². The summed E-state index contributed by atoms with van der Waals surface area (Å²) in [5.41, 5.74) is 0. The Labute approximate surface area is 102 Å². The fraction of sp³-hybridized carbons (Fsp3) is 0.818. The third-order valence-corrected chi connectivity index (χ3v) is 3.13. The van der Waals surface area contributed by atoms with Crippen LogP contribution in [0, 0.1) is 0 Å². The van der Waals surface area contributed by atoms with Crippen LogP contribution in [0.15, 0.2) is 12.7 Å². The average Bonchev–Trinajstić information content (AvgIpc) is 2.31. The van der Waals surface area contributed by atoms with Crippen molar-refractivity contribution in [2.75, 3.05) is 6.61 Å². The lowest BCUT2D eigenvalue weighted by Gasteiger charge is -2.25. The van der Waals surface area contributed by atoms with Gasteiger partial charge in [0.05, 0.1) is 30.2 Å². The molecule has 0 bridgehead atoms. The molecule has 4 N–H and O–H groups in total. The summed E-state index contributed by atoms with van der Waals surface area (Å²) in [6, 6.07) is 0. The van der Waals surface area contributed by atoms with Crippen molar-refractivity contribution in [2.45, 2.75) is 49.2 Å². The second kappa shape index (κ2) is 9.01. The number of thiol groups is 1. The number of aliphatic hydroxyl groups excluding tert-OH is 4. The summed E-state index contributed by atoms with van der Waals surface area (Å²) in [4.78, 5) is 0. The molecule has 0 aliphatic rings. The summed E-state index contributed by atoms with van der Waals surface area (Å²) in [5, 5.41) is 36.3. The van der Waals surface area contributed by atoms with Gasteiger partial charge in [0.25, 0.3) is 0 Å². The first-order chi connectivity index (χ1) is 7.54. The molecule has 0 spiro atoms. The van der Waals surface area contributed by atoms with Crippen LogP contribution in [0.4, 0.5) is 0 Å². The van der Waals surface area contributed by atoms with E-state index in [0.717, 1.165) is 19.3 Å². The molecule has 0 aromatic heterocycles. The van der Waals surface area contributed by atoms with E-state index in [1.54, 1.807) is 6.08 Å². The summed E-state index contributed by atoms with van der Waals surface area (Å²) < 4.78 is 0. The molecule has 16 heavy (non-hydrogen) atoms. The first-order valence-electron chi connectivity index (χ1n) is 5.48. The van der Waals surface area contributed by atoms with Crippen LogP contribution >= 0.6 is 12.6 Å². The van der Waals surface area contributed by atoms with Crippen molar-refractivity contribution in [1.29, 1.82) is 0 Å². The van der Waals surface area contributed by atoms with Gasteiger partial charge in [0, 0.05) is 0 Å². The Bertz CT molecular complexity index is 189. The molecule has 0 aromatic carbocycles. The Balaban J connectivity index is 3.87. The van der Waals surface area contributed by atoms with Gasteiger partial charge in [-0.15, -0.1) is 6.58 Å². The van der Waals surface area contributed by atoms with Crippen molar-refractivity contribution in [3.63, 3.8) is 0 Å².